The molecular weight excluding hydrogens is 558 g/mol. The van der Waals surface area contributed by atoms with Crippen LogP contribution in [-0.4, -0.2) is 53.0 Å². The van der Waals surface area contributed by atoms with Gasteiger partial charge in [0.2, 0.25) is 0 Å². The molecule has 0 bridgehead atoms. The number of thiazole rings is 1. The summed E-state index contributed by atoms with van der Waals surface area (Å²) in [7, 11) is 1.81. The maximum atomic E-state index is 13.4. The first kappa shape index (κ1) is 27.7. The molecule has 11 heteroatoms. The van der Waals surface area contributed by atoms with Crippen LogP contribution >= 0.6 is 22.9 Å². The molecule has 1 saturated heterocycles. The SMILES string of the molecule is Cc1nc(-c2ccc(CN3CCC(O)(Cn4cnc5c(-c6ccc(CN)cc6)n(C)nc5c4=O)CC3)c(Cl)c2)cs1. The first-order valence-corrected chi connectivity index (χ1v) is 14.9. The van der Waals surface area contributed by atoms with Crippen molar-refractivity contribution in [2.75, 3.05) is 13.1 Å². The Morgan fingerprint density at radius 2 is 1.83 bits per heavy atom. The third-order valence-electron chi connectivity index (χ3n) is 7.89. The van der Waals surface area contributed by atoms with Gasteiger partial charge in [0.15, 0.2) is 5.52 Å². The van der Waals surface area contributed by atoms with Gasteiger partial charge in [-0.25, -0.2) is 9.97 Å². The first-order chi connectivity index (χ1) is 19.7. The van der Waals surface area contributed by atoms with Crippen LogP contribution in [0.1, 0.15) is 29.0 Å². The zero-order chi connectivity index (χ0) is 28.7. The summed E-state index contributed by atoms with van der Waals surface area (Å²) in [4.78, 5) is 24.8. The van der Waals surface area contributed by atoms with Gasteiger partial charge < -0.3 is 10.8 Å². The lowest BCUT2D eigenvalue weighted by atomic mass is 9.91. The average Bonchev–Trinajstić information content (AvgIpc) is 3.55. The number of hydrogen-bond donors (Lipinski definition) is 2. The molecule has 1 aliphatic heterocycles. The molecule has 0 saturated carbocycles. The fraction of sp³-hybridized carbons (Fsp3) is 0.333. The molecule has 1 fully saturated rings. The smallest absolute Gasteiger partial charge is 0.281 e. The van der Waals surface area contributed by atoms with Crippen LogP contribution in [0.25, 0.3) is 33.5 Å². The Labute approximate surface area is 246 Å². The predicted octanol–water partition coefficient (Wildman–Crippen LogP) is 4.37. The van der Waals surface area contributed by atoms with E-state index in [2.05, 4.69) is 32.1 Å². The van der Waals surface area contributed by atoms with Crippen LogP contribution in [0.15, 0.2) is 59.0 Å². The minimum atomic E-state index is -1.01. The Kier molecular flexibility index (Phi) is 7.52. The third-order valence-corrected chi connectivity index (χ3v) is 9.01. The zero-order valence-electron chi connectivity index (χ0n) is 23.0. The number of rotatable bonds is 7. The Balaban J connectivity index is 1.14. The van der Waals surface area contributed by atoms with Gasteiger partial charge >= 0.3 is 0 Å². The number of likely N-dealkylation sites (tertiary alicyclic amines) is 1. The number of hydrogen-bond acceptors (Lipinski definition) is 8. The molecule has 0 radical (unpaired) electrons. The van der Waals surface area contributed by atoms with Crippen molar-refractivity contribution in [1.82, 2.24) is 29.2 Å². The maximum Gasteiger partial charge on any atom is 0.281 e. The van der Waals surface area contributed by atoms with Crippen molar-refractivity contribution in [2.24, 2.45) is 12.8 Å². The lowest BCUT2D eigenvalue weighted by molar-refractivity contribution is -0.0364. The Bertz CT molecular complexity index is 1770. The fourth-order valence-electron chi connectivity index (χ4n) is 5.50. The summed E-state index contributed by atoms with van der Waals surface area (Å²) >= 11 is 8.26. The average molecular weight is 590 g/mol. The number of piperidine rings is 1. The van der Waals surface area contributed by atoms with Crippen molar-refractivity contribution in [3.8, 4) is 22.5 Å². The van der Waals surface area contributed by atoms with E-state index in [0.29, 0.717) is 55.1 Å². The largest absolute Gasteiger partial charge is 0.388 e. The highest BCUT2D eigenvalue weighted by Gasteiger charge is 2.33. The second-order valence-electron chi connectivity index (χ2n) is 10.8. The molecule has 212 valence electrons. The molecule has 3 N–H and O–H groups in total. The van der Waals surface area contributed by atoms with E-state index in [1.807, 2.05) is 42.6 Å². The summed E-state index contributed by atoms with van der Waals surface area (Å²) in [6.07, 6.45) is 2.60. The maximum absolute atomic E-state index is 13.4. The summed E-state index contributed by atoms with van der Waals surface area (Å²) in [6.45, 7) is 4.70. The van der Waals surface area contributed by atoms with E-state index in [-0.39, 0.29) is 12.1 Å². The molecule has 4 heterocycles. The van der Waals surface area contributed by atoms with E-state index in [0.717, 1.165) is 38.6 Å². The van der Waals surface area contributed by atoms with Gasteiger partial charge in [-0.3, -0.25) is 18.9 Å². The first-order valence-electron chi connectivity index (χ1n) is 13.6. The van der Waals surface area contributed by atoms with Crippen LogP contribution in [0.2, 0.25) is 5.02 Å². The Morgan fingerprint density at radius 1 is 1.10 bits per heavy atom. The highest BCUT2D eigenvalue weighted by molar-refractivity contribution is 7.09. The summed E-state index contributed by atoms with van der Waals surface area (Å²) < 4.78 is 3.17. The van der Waals surface area contributed by atoms with E-state index in [9.17, 15) is 9.90 Å². The van der Waals surface area contributed by atoms with Crippen molar-refractivity contribution in [2.45, 2.75) is 45.0 Å². The molecule has 2 aromatic carbocycles. The number of nitrogens with zero attached hydrogens (tertiary/aromatic N) is 6. The molecule has 1 aliphatic rings. The van der Waals surface area contributed by atoms with E-state index < -0.39 is 5.60 Å². The number of fused-ring (bicyclic) bond motifs is 1. The summed E-state index contributed by atoms with van der Waals surface area (Å²) in [6, 6.07) is 13.9. The monoisotopic (exact) mass is 589 g/mol. The molecular formula is C30H32ClN7O2S. The van der Waals surface area contributed by atoms with E-state index in [4.69, 9.17) is 17.3 Å². The van der Waals surface area contributed by atoms with Crippen molar-refractivity contribution >= 4 is 34.0 Å². The minimum Gasteiger partial charge on any atom is -0.388 e. The number of aliphatic hydroxyl groups is 1. The van der Waals surface area contributed by atoms with Crippen molar-refractivity contribution in [1.29, 1.82) is 0 Å². The second kappa shape index (κ2) is 11.1. The number of aryl methyl sites for hydroxylation is 2. The van der Waals surface area contributed by atoms with Crippen LogP contribution in [0.4, 0.5) is 0 Å². The van der Waals surface area contributed by atoms with Crippen LogP contribution in [-0.2, 0) is 26.7 Å². The standard InChI is InChI=1S/C30H32ClN7O2S/c1-19-34-25(16-41-19)22-7-8-23(24(31)13-22)15-37-11-9-30(40,10-12-37)17-38-18-33-26-27(29(38)39)35-36(2)28(26)21-5-3-20(14-32)4-6-21/h3-8,13,16,18,40H,9-12,14-15,17,32H2,1-2H3. The number of halogens is 1. The summed E-state index contributed by atoms with van der Waals surface area (Å²) in [5, 5.41) is 19.7. The van der Waals surface area contributed by atoms with Crippen LogP contribution in [0.5, 0.6) is 0 Å². The highest BCUT2D eigenvalue weighted by atomic mass is 35.5. The number of nitrogens with two attached hydrogens (primary N) is 1. The van der Waals surface area contributed by atoms with Crippen molar-refractivity contribution in [3.05, 3.63) is 85.7 Å². The molecule has 9 nitrogen and oxygen atoms in total. The lowest BCUT2D eigenvalue weighted by Gasteiger charge is -2.38. The fourth-order valence-corrected chi connectivity index (χ4v) is 6.37. The van der Waals surface area contributed by atoms with Crippen LogP contribution < -0.4 is 11.3 Å². The van der Waals surface area contributed by atoms with Gasteiger partial charge in [-0.05, 0) is 37.0 Å². The second-order valence-corrected chi connectivity index (χ2v) is 12.3. The van der Waals surface area contributed by atoms with Gasteiger partial charge in [0.1, 0.15) is 5.52 Å². The molecule has 0 spiro atoms. The van der Waals surface area contributed by atoms with Crippen LogP contribution in [0.3, 0.4) is 0 Å². The molecule has 3 aromatic heterocycles. The summed E-state index contributed by atoms with van der Waals surface area (Å²) in [5.74, 6) is 0. The number of aromatic nitrogens is 5. The van der Waals surface area contributed by atoms with Gasteiger partial charge in [-0.15, -0.1) is 11.3 Å². The van der Waals surface area contributed by atoms with Gasteiger partial charge in [0.25, 0.3) is 5.56 Å². The number of benzene rings is 2. The predicted molar refractivity (Wildman–Crippen MR) is 163 cm³/mol. The molecule has 5 aromatic rings. The van der Waals surface area contributed by atoms with Crippen molar-refractivity contribution < 1.29 is 5.11 Å². The zero-order valence-corrected chi connectivity index (χ0v) is 24.6. The Morgan fingerprint density at radius 3 is 2.49 bits per heavy atom. The lowest BCUT2D eigenvalue weighted by Crippen LogP contribution is -2.47. The van der Waals surface area contributed by atoms with Crippen molar-refractivity contribution in [3.63, 3.8) is 0 Å². The highest BCUT2D eigenvalue weighted by Crippen LogP contribution is 2.30. The summed E-state index contributed by atoms with van der Waals surface area (Å²) in [5.41, 5.74) is 11.0. The minimum absolute atomic E-state index is 0.169. The molecule has 0 unspecified atom stereocenters. The van der Waals surface area contributed by atoms with E-state index in [1.165, 1.54) is 10.9 Å². The molecule has 6 rings (SSSR count). The molecule has 41 heavy (non-hydrogen) atoms. The van der Waals surface area contributed by atoms with E-state index >= 15 is 0 Å². The third kappa shape index (κ3) is 5.58. The van der Waals surface area contributed by atoms with Gasteiger partial charge in [-0.2, -0.15) is 5.10 Å². The molecule has 0 aliphatic carbocycles. The molecule has 0 atom stereocenters. The Hall–Kier alpha value is -3.41. The van der Waals surface area contributed by atoms with E-state index in [1.54, 1.807) is 23.1 Å². The topological polar surface area (TPSA) is 115 Å². The quantitative estimate of drug-likeness (QED) is 0.290. The van der Waals surface area contributed by atoms with Crippen LogP contribution in [0, 0.1) is 6.92 Å². The van der Waals surface area contributed by atoms with Gasteiger partial charge in [0, 0.05) is 54.8 Å². The molecule has 0 amide bonds. The van der Waals surface area contributed by atoms with Gasteiger partial charge in [0.05, 0.1) is 34.9 Å². The van der Waals surface area contributed by atoms with Gasteiger partial charge in [-0.1, -0.05) is 48.0 Å². The normalized spacial score (nSPS) is 15.5.